The number of hydrogen-bond acceptors (Lipinski definition) is 3. The van der Waals surface area contributed by atoms with Crippen molar-refractivity contribution >= 4 is 12.0 Å². The summed E-state index contributed by atoms with van der Waals surface area (Å²) in [5, 5.41) is 12.8. The van der Waals surface area contributed by atoms with Gasteiger partial charge in [-0.2, -0.15) is 0 Å². The van der Waals surface area contributed by atoms with E-state index in [0.29, 0.717) is 26.1 Å². The molecule has 21 heavy (non-hydrogen) atoms. The van der Waals surface area contributed by atoms with Gasteiger partial charge >= 0.3 is 12.0 Å². The zero-order valence-electron chi connectivity index (χ0n) is 11.8. The summed E-state index contributed by atoms with van der Waals surface area (Å²) in [4.78, 5) is 27.6. The Morgan fingerprint density at radius 1 is 1.14 bits per heavy atom. The molecule has 2 aliphatic rings. The van der Waals surface area contributed by atoms with E-state index in [1.165, 1.54) is 4.90 Å². The maximum atomic E-state index is 12.6. The average molecular weight is 289 g/mol. The third kappa shape index (κ3) is 2.58. The first-order valence-electron chi connectivity index (χ1n) is 7.25. The van der Waals surface area contributed by atoms with Crippen LogP contribution in [-0.4, -0.2) is 59.6 Å². The lowest BCUT2D eigenvalue weighted by Gasteiger charge is -2.39. The van der Waals surface area contributed by atoms with Crippen LogP contribution < -0.4 is 5.32 Å². The van der Waals surface area contributed by atoms with Crippen molar-refractivity contribution in [3.05, 3.63) is 35.4 Å². The Balaban J connectivity index is 1.88. The molecule has 1 atom stereocenters. The molecule has 2 aliphatic heterocycles. The van der Waals surface area contributed by atoms with Gasteiger partial charge in [0.25, 0.3) is 0 Å². The van der Waals surface area contributed by atoms with Crippen LogP contribution >= 0.6 is 0 Å². The van der Waals surface area contributed by atoms with E-state index < -0.39 is 12.0 Å². The van der Waals surface area contributed by atoms with Crippen molar-refractivity contribution in [2.75, 3.05) is 32.7 Å². The quantitative estimate of drug-likeness (QED) is 0.798. The Kier molecular flexibility index (Phi) is 3.79. The van der Waals surface area contributed by atoms with Crippen LogP contribution in [-0.2, 0) is 11.2 Å². The minimum Gasteiger partial charge on any atom is -0.479 e. The topological polar surface area (TPSA) is 72.9 Å². The van der Waals surface area contributed by atoms with Gasteiger partial charge in [0, 0.05) is 32.7 Å². The number of nitrogens with one attached hydrogen (secondary N) is 1. The zero-order valence-corrected chi connectivity index (χ0v) is 11.8. The third-order valence-corrected chi connectivity index (χ3v) is 4.15. The van der Waals surface area contributed by atoms with Gasteiger partial charge in [-0.05, 0) is 17.5 Å². The monoisotopic (exact) mass is 289 g/mol. The molecule has 112 valence electrons. The first-order chi connectivity index (χ1) is 10.2. The van der Waals surface area contributed by atoms with E-state index in [1.54, 1.807) is 4.90 Å². The van der Waals surface area contributed by atoms with Gasteiger partial charge in [0.15, 0.2) is 6.04 Å². The fourth-order valence-corrected chi connectivity index (χ4v) is 3.08. The number of carbonyl (C=O) groups is 2. The summed E-state index contributed by atoms with van der Waals surface area (Å²) >= 11 is 0. The minimum absolute atomic E-state index is 0.168. The number of benzene rings is 1. The van der Waals surface area contributed by atoms with E-state index in [0.717, 1.165) is 24.2 Å². The fourth-order valence-electron chi connectivity index (χ4n) is 3.08. The van der Waals surface area contributed by atoms with Crippen LogP contribution in [0.4, 0.5) is 4.79 Å². The van der Waals surface area contributed by atoms with Gasteiger partial charge in [0.05, 0.1) is 0 Å². The van der Waals surface area contributed by atoms with Crippen molar-refractivity contribution in [3.8, 4) is 0 Å². The molecule has 1 saturated heterocycles. The SMILES string of the molecule is O=C(O)C1c2ccccc2CCN1C(=O)N1CCNCC1. The summed E-state index contributed by atoms with van der Waals surface area (Å²) < 4.78 is 0. The number of nitrogens with zero attached hydrogens (tertiary/aromatic N) is 2. The Labute approximate surface area is 123 Å². The molecule has 1 fully saturated rings. The zero-order chi connectivity index (χ0) is 14.8. The molecule has 2 N–H and O–H groups in total. The van der Waals surface area contributed by atoms with Crippen molar-refractivity contribution in [2.45, 2.75) is 12.5 Å². The van der Waals surface area contributed by atoms with Crippen LogP contribution in [0.15, 0.2) is 24.3 Å². The highest BCUT2D eigenvalue weighted by atomic mass is 16.4. The number of aliphatic carboxylic acids is 1. The van der Waals surface area contributed by atoms with Gasteiger partial charge in [0.1, 0.15) is 0 Å². The van der Waals surface area contributed by atoms with Crippen molar-refractivity contribution < 1.29 is 14.7 Å². The van der Waals surface area contributed by atoms with Crippen molar-refractivity contribution in [1.82, 2.24) is 15.1 Å². The molecule has 1 aromatic rings. The van der Waals surface area contributed by atoms with E-state index in [-0.39, 0.29) is 6.03 Å². The first kappa shape index (κ1) is 13.9. The Morgan fingerprint density at radius 2 is 1.86 bits per heavy atom. The molecule has 1 aromatic carbocycles. The van der Waals surface area contributed by atoms with Crippen molar-refractivity contribution in [3.63, 3.8) is 0 Å². The number of carbonyl (C=O) groups excluding carboxylic acids is 1. The fraction of sp³-hybridized carbons (Fsp3) is 0.467. The lowest BCUT2D eigenvalue weighted by molar-refractivity contribution is -0.143. The lowest BCUT2D eigenvalue weighted by atomic mass is 9.93. The number of fused-ring (bicyclic) bond motifs is 1. The summed E-state index contributed by atoms with van der Waals surface area (Å²) in [6.07, 6.45) is 0.706. The van der Waals surface area contributed by atoms with Crippen LogP contribution in [0.2, 0.25) is 0 Å². The van der Waals surface area contributed by atoms with Gasteiger partial charge in [-0.25, -0.2) is 9.59 Å². The van der Waals surface area contributed by atoms with E-state index in [9.17, 15) is 14.7 Å². The summed E-state index contributed by atoms with van der Waals surface area (Å²) in [6.45, 7) is 3.23. The molecule has 0 aliphatic carbocycles. The summed E-state index contributed by atoms with van der Waals surface area (Å²) in [5.74, 6) is -0.967. The van der Waals surface area contributed by atoms with Gasteiger partial charge in [-0.15, -0.1) is 0 Å². The van der Waals surface area contributed by atoms with Crippen LogP contribution in [0, 0.1) is 0 Å². The molecule has 0 radical (unpaired) electrons. The molecule has 0 spiro atoms. The minimum atomic E-state index is -0.967. The predicted octanol–water partition coefficient (Wildman–Crippen LogP) is 0.696. The first-order valence-corrected chi connectivity index (χ1v) is 7.25. The molecular weight excluding hydrogens is 270 g/mol. The van der Waals surface area contributed by atoms with E-state index in [4.69, 9.17) is 0 Å². The predicted molar refractivity (Wildman–Crippen MR) is 77.1 cm³/mol. The van der Waals surface area contributed by atoms with Gasteiger partial charge < -0.3 is 20.2 Å². The summed E-state index contributed by atoms with van der Waals surface area (Å²) in [7, 11) is 0. The summed E-state index contributed by atoms with van der Waals surface area (Å²) in [5.41, 5.74) is 1.76. The largest absolute Gasteiger partial charge is 0.479 e. The molecular formula is C15H19N3O3. The standard InChI is InChI=1S/C15H19N3O3/c19-14(20)13-12-4-2-1-3-11(12)5-8-18(13)15(21)17-9-6-16-7-10-17/h1-4,13,16H,5-10H2,(H,19,20). The van der Waals surface area contributed by atoms with Gasteiger partial charge in [-0.3, -0.25) is 0 Å². The number of hydrogen-bond donors (Lipinski definition) is 2. The molecule has 6 heteroatoms. The highest BCUT2D eigenvalue weighted by Gasteiger charge is 2.37. The number of carboxylic acid groups (broad SMARTS) is 1. The smallest absolute Gasteiger partial charge is 0.331 e. The number of amides is 2. The van der Waals surface area contributed by atoms with Crippen LogP contribution in [0.3, 0.4) is 0 Å². The average Bonchev–Trinajstić information content (AvgIpc) is 2.53. The molecule has 0 aromatic heterocycles. The highest BCUT2D eigenvalue weighted by molar-refractivity contribution is 5.85. The molecule has 1 unspecified atom stereocenters. The van der Waals surface area contributed by atoms with E-state index in [1.807, 2.05) is 24.3 Å². The number of urea groups is 1. The maximum absolute atomic E-state index is 12.6. The second-order valence-electron chi connectivity index (χ2n) is 5.40. The molecule has 6 nitrogen and oxygen atoms in total. The van der Waals surface area contributed by atoms with Crippen LogP contribution in [0.5, 0.6) is 0 Å². The Morgan fingerprint density at radius 3 is 2.57 bits per heavy atom. The highest BCUT2D eigenvalue weighted by Crippen LogP contribution is 2.30. The molecule has 3 rings (SSSR count). The Bertz CT molecular complexity index is 555. The van der Waals surface area contributed by atoms with Crippen molar-refractivity contribution in [1.29, 1.82) is 0 Å². The lowest BCUT2D eigenvalue weighted by Crippen LogP contribution is -2.54. The van der Waals surface area contributed by atoms with Crippen molar-refractivity contribution in [2.24, 2.45) is 0 Å². The number of piperazine rings is 1. The van der Waals surface area contributed by atoms with Crippen LogP contribution in [0.1, 0.15) is 17.2 Å². The van der Waals surface area contributed by atoms with Crippen LogP contribution in [0.25, 0.3) is 0 Å². The molecule has 2 heterocycles. The maximum Gasteiger partial charge on any atom is 0.331 e. The normalized spacial score (nSPS) is 21.8. The second kappa shape index (κ2) is 5.73. The number of rotatable bonds is 1. The van der Waals surface area contributed by atoms with E-state index >= 15 is 0 Å². The Hall–Kier alpha value is -2.08. The van der Waals surface area contributed by atoms with Gasteiger partial charge in [0.2, 0.25) is 0 Å². The third-order valence-electron chi connectivity index (χ3n) is 4.15. The molecule has 2 amide bonds. The van der Waals surface area contributed by atoms with E-state index in [2.05, 4.69) is 5.32 Å². The van der Waals surface area contributed by atoms with Gasteiger partial charge in [-0.1, -0.05) is 24.3 Å². The molecule has 0 saturated carbocycles. The second-order valence-corrected chi connectivity index (χ2v) is 5.40. The summed E-state index contributed by atoms with van der Waals surface area (Å²) in [6, 6.07) is 6.44. The molecule has 0 bridgehead atoms. The number of carboxylic acids is 1.